The van der Waals surface area contributed by atoms with Crippen molar-refractivity contribution >= 4 is 20.9 Å². The number of benzene rings is 2. The molecule has 2 heterocycles. The minimum Gasteiger partial charge on any atom is -0.493 e. The average molecular weight is 473 g/mol. The van der Waals surface area contributed by atoms with E-state index in [0.29, 0.717) is 54.4 Å². The third kappa shape index (κ3) is 4.21. The van der Waals surface area contributed by atoms with E-state index in [2.05, 4.69) is 4.90 Å². The van der Waals surface area contributed by atoms with Gasteiger partial charge in [0, 0.05) is 39.3 Å². The average Bonchev–Trinajstić information content (AvgIpc) is 2.85. The van der Waals surface area contributed by atoms with Crippen LogP contribution in [0.5, 0.6) is 11.5 Å². The van der Waals surface area contributed by atoms with Crippen LogP contribution in [0.3, 0.4) is 0 Å². The quantitative estimate of drug-likeness (QED) is 0.542. The minimum atomic E-state index is -3.68. The van der Waals surface area contributed by atoms with Gasteiger partial charge in [0.1, 0.15) is 5.82 Å². The van der Waals surface area contributed by atoms with Crippen molar-refractivity contribution in [3.05, 3.63) is 58.6 Å². The molecule has 0 saturated carbocycles. The van der Waals surface area contributed by atoms with E-state index in [1.807, 2.05) is 25.1 Å². The molecule has 1 aliphatic heterocycles. The van der Waals surface area contributed by atoms with Gasteiger partial charge in [-0.15, -0.1) is 0 Å². The molecule has 0 spiro atoms. The molecular formula is C23H28N4O5S. The summed E-state index contributed by atoms with van der Waals surface area (Å²) in [6, 6.07) is 11.8. The van der Waals surface area contributed by atoms with Crippen LogP contribution in [0.1, 0.15) is 18.8 Å². The summed E-state index contributed by atoms with van der Waals surface area (Å²) in [7, 11) is 1.03. The Bertz CT molecular complexity index is 1330. The van der Waals surface area contributed by atoms with E-state index in [1.165, 1.54) is 30.7 Å². The van der Waals surface area contributed by atoms with Gasteiger partial charge in [0.2, 0.25) is 10.0 Å². The Morgan fingerprint density at radius 2 is 1.64 bits per heavy atom. The van der Waals surface area contributed by atoms with E-state index >= 15 is 0 Å². The van der Waals surface area contributed by atoms with Crippen molar-refractivity contribution in [2.24, 2.45) is 7.05 Å². The maximum atomic E-state index is 13.2. The fourth-order valence-electron chi connectivity index (χ4n) is 4.23. The highest BCUT2D eigenvalue weighted by Gasteiger charge is 2.32. The molecular weight excluding hydrogens is 444 g/mol. The molecule has 1 fully saturated rings. The third-order valence-electron chi connectivity index (χ3n) is 6.21. The van der Waals surface area contributed by atoms with Gasteiger partial charge in [0.15, 0.2) is 11.5 Å². The number of nitrogens with zero attached hydrogens (tertiary/aromatic N) is 4. The molecule has 0 bridgehead atoms. The highest BCUT2D eigenvalue weighted by atomic mass is 32.2. The molecule has 0 radical (unpaired) electrons. The molecule has 0 N–H and O–H groups in total. The lowest BCUT2D eigenvalue weighted by atomic mass is 10.2. The van der Waals surface area contributed by atoms with Crippen LogP contribution in [0.15, 0.2) is 52.2 Å². The predicted molar refractivity (Wildman–Crippen MR) is 125 cm³/mol. The van der Waals surface area contributed by atoms with Crippen molar-refractivity contribution in [2.75, 3.05) is 40.4 Å². The molecule has 2 aromatic carbocycles. The lowest BCUT2D eigenvalue weighted by Gasteiger charge is -2.37. The maximum Gasteiger partial charge on any atom is 0.261 e. The lowest BCUT2D eigenvalue weighted by Crippen LogP contribution is -2.49. The molecule has 1 atom stereocenters. The van der Waals surface area contributed by atoms with E-state index in [-0.39, 0.29) is 16.5 Å². The van der Waals surface area contributed by atoms with Crippen LogP contribution in [0, 0.1) is 0 Å². The first-order chi connectivity index (χ1) is 15.8. The Kier molecular flexibility index (Phi) is 6.42. The number of hydrogen-bond donors (Lipinski definition) is 0. The molecule has 176 valence electrons. The second kappa shape index (κ2) is 9.12. The van der Waals surface area contributed by atoms with Gasteiger partial charge in [-0.1, -0.05) is 12.1 Å². The Morgan fingerprint density at radius 3 is 2.30 bits per heavy atom. The number of piperazine rings is 1. The van der Waals surface area contributed by atoms with Crippen LogP contribution in [0.2, 0.25) is 0 Å². The Labute approximate surface area is 193 Å². The number of aromatic nitrogens is 2. The molecule has 33 heavy (non-hydrogen) atoms. The Balaban J connectivity index is 1.53. The van der Waals surface area contributed by atoms with Gasteiger partial charge in [0.25, 0.3) is 5.56 Å². The normalized spacial score (nSPS) is 16.6. The van der Waals surface area contributed by atoms with Gasteiger partial charge in [-0.05, 0) is 31.2 Å². The van der Waals surface area contributed by atoms with Crippen LogP contribution in [0.25, 0.3) is 10.9 Å². The lowest BCUT2D eigenvalue weighted by molar-refractivity contribution is 0.139. The van der Waals surface area contributed by atoms with Crippen LogP contribution >= 0.6 is 0 Å². The number of ether oxygens (including phenoxy) is 2. The number of sulfonamides is 1. The molecule has 1 unspecified atom stereocenters. The molecule has 1 saturated heterocycles. The summed E-state index contributed by atoms with van der Waals surface area (Å²) >= 11 is 0. The number of rotatable bonds is 6. The minimum absolute atomic E-state index is 0.0860. The number of hydrogen-bond acceptors (Lipinski definition) is 7. The molecule has 10 heteroatoms. The van der Waals surface area contributed by atoms with Crippen LogP contribution in [-0.2, 0) is 17.1 Å². The van der Waals surface area contributed by atoms with Crippen molar-refractivity contribution in [1.82, 2.24) is 18.8 Å². The fourth-order valence-corrected chi connectivity index (χ4v) is 5.67. The molecule has 3 aromatic rings. The zero-order valence-electron chi connectivity index (χ0n) is 19.2. The first-order valence-corrected chi connectivity index (χ1v) is 12.1. The summed E-state index contributed by atoms with van der Waals surface area (Å²) in [6.45, 7) is 3.72. The molecule has 1 aromatic heterocycles. The summed E-state index contributed by atoms with van der Waals surface area (Å²) in [5.74, 6) is 1.51. The smallest absolute Gasteiger partial charge is 0.261 e. The highest BCUT2D eigenvalue weighted by Crippen LogP contribution is 2.31. The van der Waals surface area contributed by atoms with E-state index in [4.69, 9.17) is 14.5 Å². The second-order valence-electron chi connectivity index (χ2n) is 7.98. The SMILES string of the molecule is COc1ccc(S(=O)(=O)N2CCN(C(C)c3nc4ccccc4c(=O)n3C)CC2)cc1OC. The maximum absolute atomic E-state index is 13.2. The number of fused-ring (bicyclic) bond motifs is 1. The summed E-state index contributed by atoms with van der Waals surface area (Å²) in [6.07, 6.45) is 0. The zero-order chi connectivity index (χ0) is 23.8. The van der Waals surface area contributed by atoms with E-state index in [0.717, 1.165) is 0 Å². The van der Waals surface area contributed by atoms with E-state index < -0.39 is 10.0 Å². The van der Waals surface area contributed by atoms with Crippen molar-refractivity contribution in [1.29, 1.82) is 0 Å². The van der Waals surface area contributed by atoms with Crippen molar-refractivity contribution in [3.63, 3.8) is 0 Å². The molecule has 1 aliphatic rings. The second-order valence-corrected chi connectivity index (χ2v) is 9.92. The van der Waals surface area contributed by atoms with Gasteiger partial charge in [-0.3, -0.25) is 14.3 Å². The van der Waals surface area contributed by atoms with Crippen molar-refractivity contribution in [2.45, 2.75) is 17.9 Å². The summed E-state index contributed by atoms with van der Waals surface area (Å²) in [4.78, 5) is 19.8. The van der Waals surface area contributed by atoms with Crippen LogP contribution < -0.4 is 15.0 Å². The molecule has 0 aliphatic carbocycles. The van der Waals surface area contributed by atoms with Crippen molar-refractivity contribution < 1.29 is 17.9 Å². The largest absolute Gasteiger partial charge is 0.493 e. The standard InChI is InChI=1S/C23H28N4O5S/c1-16(22-24-19-8-6-5-7-18(19)23(28)25(22)2)26-11-13-27(14-12-26)33(29,30)17-9-10-20(31-3)21(15-17)32-4/h5-10,15-16H,11-14H2,1-4H3. The number of para-hydroxylation sites is 1. The van der Waals surface area contributed by atoms with Crippen LogP contribution in [-0.4, -0.2) is 67.6 Å². The summed E-state index contributed by atoms with van der Waals surface area (Å²) in [5.41, 5.74) is 0.578. The summed E-state index contributed by atoms with van der Waals surface area (Å²) in [5, 5.41) is 0.585. The van der Waals surface area contributed by atoms with Gasteiger partial charge >= 0.3 is 0 Å². The first-order valence-electron chi connectivity index (χ1n) is 10.7. The molecule has 9 nitrogen and oxygen atoms in total. The molecule has 4 rings (SSSR count). The van der Waals surface area contributed by atoms with E-state index in [9.17, 15) is 13.2 Å². The fraction of sp³-hybridized carbons (Fsp3) is 0.391. The van der Waals surface area contributed by atoms with Gasteiger partial charge < -0.3 is 9.47 Å². The topological polar surface area (TPSA) is 94.0 Å². The van der Waals surface area contributed by atoms with Gasteiger partial charge in [-0.2, -0.15) is 4.31 Å². The zero-order valence-corrected chi connectivity index (χ0v) is 20.0. The Hall–Kier alpha value is -2.95. The highest BCUT2D eigenvalue weighted by molar-refractivity contribution is 7.89. The van der Waals surface area contributed by atoms with Crippen LogP contribution in [0.4, 0.5) is 0 Å². The van der Waals surface area contributed by atoms with Crippen molar-refractivity contribution in [3.8, 4) is 11.5 Å². The van der Waals surface area contributed by atoms with Gasteiger partial charge in [-0.25, -0.2) is 13.4 Å². The first kappa shape index (κ1) is 23.2. The third-order valence-corrected chi connectivity index (χ3v) is 8.10. The predicted octanol–water partition coefficient (Wildman–Crippen LogP) is 2.02. The monoisotopic (exact) mass is 472 g/mol. The number of methoxy groups -OCH3 is 2. The Morgan fingerprint density at radius 1 is 0.970 bits per heavy atom. The molecule has 0 amide bonds. The van der Waals surface area contributed by atoms with Gasteiger partial charge in [0.05, 0.1) is 36.1 Å². The van der Waals surface area contributed by atoms with E-state index in [1.54, 1.807) is 23.7 Å². The summed E-state index contributed by atoms with van der Waals surface area (Å²) < 4.78 is 39.9.